The van der Waals surface area contributed by atoms with Gasteiger partial charge >= 0.3 is 0 Å². The zero-order chi connectivity index (χ0) is 20.2. The summed E-state index contributed by atoms with van der Waals surface area (Å²) in [4.78, 5) is 17.1. The number of halogens is 1. The molecule has 0 unspecified atom stereocenters. The van der Waals surface area contributed by atoms with E-state index in [1.165, 1.54) is 6.07 Å². The molecule has 0 spiro atoms. The molecule has 1 fully saturated rings. The molecule has 3 aromatic rings. The van der Waals surface area contributed by atoms with Crippen LogP contribution in [-0.2, 0) is 17.9 Å². The van der Waals surface area contributed by atoms with Crippen molar-refractivity contribution in [2.24, 2.45) is 0 Å². The number of benzene rings is 2. The highest BCUT2D eigenvalue weighted by atomic mass is 19.1. The molecule has 1 aromatic heterocycles. The standard InChI is InChI=1S/C23H26FN3O2/c1-29-20-7-8-22-18(15-20)9-12-27(22)17-23(28)26-11-4-10-25(13-14-26)16-19-5-2-3-6-21(19)24/h2-3,5-9,12,15H,4,10-11,13-14,16-17H2,1H3. The first kappa shape index (κ1) is 19.5. The molecule has 1 amide bonds. The Morgan fingerprint density at radius 3 is 2.76 bits per heavy atom. The predicted molar refractivity (Wildman–Crippen MR) is 111 cm³/mol. The van der Waals surface area contributed by atoms with Gasteiger partial charge in [-0.15, -0.1) is 0 Å². The summed E-state index contributed by atoms with van der Waals surface area (Å²) in [5, 5.41) is 1.06. The Kier molecular flexibility index (Phi) is 5.81. The summed E-state index contributed by atoms with van der Waals surface area (Å²) < 4.78 is 21.2. The minimum atomic E-state index is -0.166. The van der Waals surface area contributed by atoms with E-state index in [1.807, 2.05) is 52.1 Å². The van der Waals surface area contributed by atoms with Crippen LogP contribution in [0.5, 0.6) is 5.75 Å². The second kappa shape index (κ2) is 8.66. The molecule has 1 aliphatic rings. The number of fused-ring (bicyclic) bond motifs is 1. The van der Waals surface area contributed by atoms with Crippen LogP contribution in [0.1, 0.15) is 12.0 Å². The SMILES string of the molecule is COc1ccc2c(ccn2CC(=O)N2CCCN(Cc3ccccc3F)CC2)c1. The lowest BCUT2D eigenvalue weighted by Gasteiger charge is -2.22. The molecule has 1 aliphatic heterocycles. The Hall–Kier alpha value is -2.86. The third kappa shape index (κ3) is 4.43. The molecule has 152 valence electrons. The van der Waals surface area contributed by atoms with E-state index in [0.29, 0.717) is 25.2 Å². The zero-order valence-electron chi connectivity index (χ0n) is 16.7. The van der Waals surface area contributed by atoms with E-state index in [1.54, 1.807) is 13.2 Å². The normalized spacial score (nSPS) is 15.4. The van der Waals surface area contributed by atoms with Gasteiger partial charge < -0.3 is 14.2 Å². The molecule has 6 heteroatoms. The van der Waals surface area contributed by atoms with Crippen LogP contribution >= 0.6 is 0 Å². The molecular weight excluding hydrogens is 369 g/mol. The van der Waals surface area contributed by atoms with Crippen LogP contribution < -0.4 is 4.74 Å². The second-order valence-electron chi connectivity index (χ2n) is 7.47. The lowest BCUT2D eigenvalue weighted by Crippen LogP contribution is -2.37. The smallest absolute Gasteiger partial charge is 0.242 e. The van der Waals surface area contributed by atoms with Gasteiger partial charge in [0.1, 0.15) is 18.1 Å². The molecule has 29 heavy (non-hydrogen) atoms. The third-order valence-electron chi connectivity index (χ3n) is 5.58. The Labute approximate surface area is 170 Å². The fourth-order valence-corrected chi connectivity index (χ4v) is 3.93. The van der Waals surface area contributed by atoms with Crippen LogP contribution in [0, 0.1) is 5.82 Å². The first-order valence-corrected chi connectivity index (χ1v) is 10.0. The van der Waals surface area contributed by atoms with E-state index in [0.717, 1.165) is 42.7 Å². The van der Waals surface area contributed by atoms with Gasteiger partial charge in [-0.3, -0.25) is 9.69 Å². The van der Waals surface area contributed by atoms with Crippen molar-refractivity contribution in [2.45, 2.75) is 19.5 Å². The van der Waals surface area contributed by atoms with Gasteiger partial charge in [0.25, 0.3) is 0 Å². The van der Waals surface area contributed by atoms with Gasteiger partial charge in [-0.1, -0.05) is 18.2 Å². The van der Waals surface area contributed by atoms with E-state index < -0.39 is 0 Å². The number of hydrogen-bond donors (Lipinski definition) is 0. The van der Waals surface area contributed by atoms with E-state index >= 15 is 0 Å². The summed E-state index contributed by atoms with van der Waals surface area (Å²) in [6, 6.07) is 14.8. The topological polar surface area (TPSA) is 37.7 Å². The van der Waals surface area contributed by atoms with Crippen LogP contribution in [0.3, 0.4) is 0 Å². The Morgan fingerprint density at radius 2 is 1.93 bits per heavy atom. The number of rotatable bonds is 5. The van der Waals surface area contributed by atoms with Gasteiger partial charge in [0, 0.05) is 55.4 Å². The monoisotopic (exact) mass is 395 g/mol. The average Bonchev–Trinajstić information content (AvgIpc) is 2.97. The van der Waals surface area contributed by atoms with Crippen molar-refractivity contribution in [1.29, 1.82) is 0 Å². The molecule has 0 saturated carbocycles. The maximum atomic E-state index is 13.9. The summed E-state index contributed by atoms with van der Waals surface area (Å²) in [7, 11) is 1.65. The Morgan fingerprint density at radius 1 is 1.07 bits per heavy atom. The van der Waals surface area contributed by atoms with Crippen LogP contribution in [0.2, 0.25) is 0 Å². The van der Waals surface area contributed by atoms with Gasteiger partial charge in [-0.25, -0.2) is 4.39 Å². The summed E-state index contributed by atoms with van der Waals surface area (Å²) in [6.07, 6.45) is 2.84. The number of aromatic nitrogens is 1. The van der Waals surface area contributed by atoms with Crippen molar-refractivity contribution in [3.05, 3.63) is 66.1 Å². The molecule has 2 heterocycles. The van der Waals surface area contributed by atoms with Crippen LogP contribution in [0.25, 0.3) is 10.9 Å². The van der Waals surface area contributed by atoms with Crippen molar-refractivity contribution < 1.29 is 13.9 Å². The minimum absolute atomic E-state index is 0.117. The molecule has 2 aromatic carbocycles. The minimum Gasteiger partial charge on any atom is -0.497 e. The summed E-state index contributed by atoms with van der Waals surface area (Å²) in [5.74, 6) is 0.760. The largest absolute Gasteiger partial charge is 0.497 e. The Balaban J connectivity index is 1.38. The summed E-state index contributed by atoms with van der Waals surface area (Å²) in [5.41, 5.74) is 1.73. The number of carbonyl (C=O) groups excluding carboxylic acids is 1. The lowest BCUT2D eigenvalue weighted by atomic mass is 10.2. The number of nitrogens with zero attached hydrogens (tertiary/aromatic N) is 3. The van der Waals surface area contributed by atoms with Crippen LogP contribution in [0.15, 0.2) is 54.7 Å². The highest BCUT2D eigenvalue weighted by Crippen LogP contribution is 2.22. The van der Waals surface area contributed by atoms with Gasteiger partial charge in [0.05, 0.1) is 7.11 Å². The molecule has 0 radical (unpaired) electrons. The van der Waals surface area contributed by atoms with Gasteiger partial charge in [0.2, 0.25) is 5.91 Å². The van der Waals surface area contributed by atoms with Gasteiger partial charge in [0.15, 0.2) is 0 Å². The molecule has 5 nitrogen and oxygen atoms in total. The zero-order valence-corrected chi connectivity index (χ0v) is 16.7. The molecule has 0 bridgehead atoms. The number of methoxy groups -OCH3 is 1. The van der Waals surface area contributed by atoms with Crippen molar-refractivity contribution in [3.8, 4) is 5.75 Å². The summed E-state index contributed by atoms with van der Waals surface area (Å²) in [6.45, 7) is 3.93. The van der Waals surface area contributed by atoms with Crippen molar-refractivity contribution >= 4 is 16.8 Å². The fourth-order valence-electron chi connectivity index (χ4n) is 3.93. The number of carbonyl (C=O) groups is 1. The maximum Gasteiger partial charge on any atom is 0.242 e. The van der Waals surface area contributed by atoms with Crippen molar-refractivity contribution in [3.63, 3.8) is 0 Å². The third-order valence-corrected chi connectivity index (χ3v) is 5.58. The van der Waals surface area contributed by atoms with E-state index in [4.69, 9.17) is 4.74 Å². The van der Waals surface area contributed by atoms with Crippen molar-refractivity contribution in [1.82, 2.24) is 14.4 Å². The first-order valence-electron chi connectivity index (χ1n) is 10.0. The number of ether oxygens (including phenoxy) is 1. The first-order chi connectivity index (χ1) is 14.1. The Bertz CT molecular complexity index is 1000. The molecule has 0 atom stereocenters. The van der Waals surface area contributed by atoms with Crippen molar-refractivity contribution in [2.75, 3.05) is 33.3 Å². The number of amides is 1. The molecule has 4 rings (SSSR count). The van der Waals surface area contributed by atoms with Crippen LogP contribution in [-0.4, -0.2) is 53.6 Å². The van der Waals surface area contributed by atoms with Gasteiger partial charge in [-0.05, 0) is 36.8 Å². The second-order valence-corrected chi connectivity index (χ2v) is 7.47. The average molecular weight is 395 g/mol. The number of hydrogen-bond acceptors (Lipinski definition) is 3. The highest BCUT2D eigenvalue weighted by Gasteiger charge is 2.20. The lowest BCUT2D eigenvalue weighted by molar-refractivity contribution is -0.131. The van der Waals surface area contributed by atoms with E-state index in [-0.39, 0.29) is 11.7 Å². The van der Waals surface area contributed by atoms with Gasteiger partial charge in [-0.2, -0.15) is 0 Å². The molecule has 0 aliphatic carbocycles. The van der Waals surface area contributed by atoms with Crippen LogP contribution in [0.4, 0.5) is 4.39 Å². The van der Waals surface area contributed by atoms with E-state index in [2.05, 4.69) is 4.90 Å². The summed E-state index contributed by atoms with van der Waals surface area (Å²) >= 11 is 0. The predicted octanol–water partition coefficient (Wildman–Crippen LogP) is 3.52. The van der Waals surface area contributed by atoms with E-state index in [9.17, 15) is 9.18 Å². The quantitative estimate of drug-likeness (QED) is 0.663. The maximum absolute atomic E-state index is 13.9. The molecule has 1 saturated heterocycles. The molecule has 0 N–H and O–H groups in total. The highest BCUT2D eigenvalue weighted by molar-refractivity contribution is 5.84. The fraction of sp³-hybridized carbons (Fsp3) is 0.348. The molecular formula is C23H26FN3O2.